The molecule has 130 valence electrons. The molecule has 24 heavy (non-hydrogen) atoms. The van der Waals surface area contributed by atoms with Crippen molar-refractivity contribution >= 4 is 23.6 Å². The maximum absolute atomic E-state index is 12.1. The molecule has 0 saturated carbocycles. The third-order valence-corrected chi connectivity index (χ3v) is 3.94. The molecule has 1 aliphatic heterocycles. The molecule has 0 aliphatic carbocycles. The number of hydrogen-bond donors (Lipinski definition) is 2. The van der Waals surface area contributed by atoms with Crippen LogP contribution in [-0.4, -0.2) is 49.0 Å². The van der Waals surface area contributed by atoms with Crippen LogP contribution >= 0.6 is 0 Å². The van der Waals surface area contributed by atoms with E-state index in [0.717, 1.165) is 18.5 Å². The Morgan fingerprint density at radius 1 is 1.38 bits per heavy atom. The van der Waals surface area contributed by atoms with Crippen molar-refractivity contribution in [1.29, 1.82) is 0 Å². The highest BCUT2D eigenvalue weighted by Gasteiger charge is 2.22. The van der Waals surface area contributed by atoms with Gasteiger partial charge in [0.15, 0.2) is 0 Å². The molecule has 2 N–H and O–H groups in total. The fourth-order valence-corrected chi connectivity index (χ4v) is 2.70. The molecular formula is C17H23N3O4. The molecule has 3 amide bonds. The number of anilines is 1. The molecule has 1 aliphatic rings. The van der Waals surface area contributed by atoms with Crippen LogP contribution in [0.2, 0.25) is 0 Å². The van der Waals surface area contributed by atoms with Gasteiger partial charge >= 0.3 is 12.0 Å². The smallest absolute Gasteiger partial charge is 0.337 e. The summed E-state index contributed by atoms with van der Waals surface area (Å²) in [6.45, 7) is 4.92. The number of carbonyl (C=O) groups is 3. The lowest BCUT2D eigenvalue weighted by Gasteiger charge is -2.22. The van der Waals surface area contributed by atoms with E-state index < -0.39 is 5.97 Å². The molecule has 1 fully saturated rings. The second-order valence-electron chi connectivity index (χ2n) is 5.96. The van der Waals surface area contributed by atoms with Crippen LogP contribution in [0, 0.1) is 6.92 Å². The van der Waals surface area contributed by atoms with Crippen molar-refractivity contribution in [1.82, 2.24) is 10.2 Å². The molecule has 7 nitrogen and oxygen atoms in total. The van der Waals surface area contributed by atoms with Gasteiger partial charge in [-0.3, -0.25) is 4.79 Å². The Morgan fingerprint density at radius 3 is 2.71 bits per heavy atom. The summed E-state index contributed by atoms with van der Waals surface area (Å²) in [5.41, 5.74) is 1.81. The molecule has 0 unspecified atom stereocenters. The lowest BCUT2D eigenvalue weighted by molar-refractivity contribution is -0.127. The van der Waals surface area contributed by atoms with Crippen molar-refractivity contribution in [2.45, 2.75) is 32.7 Å². The van der Waals surface area contributed by atoms with Gasteiger partial charge in [-0.2, -0.15) is 0 Å². The zero-order valence-corrected chi connectivity index (χ0v) is 14.2. The number of aryl methyl sites for hydroxylation is 1. The van der Waals surface area contributed by atoms with Gasteiger partial charge in [-0.25, -0.2) is 9.59 Å². The van der Waals surface area contributed by atoms with Gasteiger partial charge in [0.2, 0.25) is 5.91 Å². The van der Waals surface area contributed by atoms with Gasteiger partial charge < -0.3 is 20.3 Å². The number of rotatable bonds is 5. The average Bonchev–Trinajstić information content (AvgIpc) is 2.93. The number of amides is 3. The van der Waals surface area contributed by atoms with Crippen molar-refractivity contribution < 1.29 is 19.1 Å². The number of urea groups is 1. The number of likely N-dealkylation sites (tertiary alicyclic amines) is 1. The fourth-order valence-electron chi connectivity index (χ4n) is 2.70. The number of esters is 1. The van der Waals surface area contributed by atoms with Crippen molar-refractivity contribution in [2.24, 2.45) is 0 Å². The lowest BCUT2D eigenvalue weighted by atomic mass is 10.1. The third-order valence-electron chi connectivity index (χ3n) is 3.94. The molecule has 0 radical (unpaired) electrons. The Labute approximate surface area is 141 Å². The number of benzene rings is 1. The molecule has 2 rings (SSSR count). The van der Waals surface area contributed by atoms with Crippen LogP contribution in [0.15, 0.2) is 18.2 Å². The predicted octanol–water partition coefficient (Wildman–Crippen LogP) is 1.91. The lowest BCUT2D eigenvalue weighted by Crippen LogP contribution is -2.44. The Kier molecular flexibility index (Phi) is 5.78. The first kappa shape index (κ1) is 17.8. The van der Waals surface area contributed by atoms with Gasteiger partial charge in [0.25, 0.3) is 0 Å². The maximum Gasteiger partial charge on any atom is 0.337 e. The highest BCUT2D eigenvalue weighted by Crippen LogP contribution is 2.17. The highest BCUT2D eigenvalue weighted by molar-refractivity contribution is 5.93. The van der Waals surface area contributed by atoms with E-state index in [1.54, 1.807) is 30.0 Å². The summed E-state index contributed by atoms with van der Waals surface area (Å²) in [6.07, 6.45) is 1.47. The summed E-state index contributed by atoms with van der Waals surface area (Å²) in [4.78, 5) is 36.9. The molecule has 0 aromatic heterocycles. The predicted molar refractivity (Wildman–Crippen MR) is 89.9 cm³/mol. The van der Waals surface area contributed by atoms with E-state index in [1.807, 2.05) is 6.92 Å². The molecular weight excluding hydrogens is 310 g/mol. The molecule has 0 spiro atoms. The minimum absolute atomic E-state index is 0.137. The molecule has 1 atom stereocenters. The molecule has 7 heteroatoms. The van der Waals surface area contributed by atoms with Crippen LogP contribution < -0.4 is 10.6 Å². The third kappa shape index (κ3) is 4.47. The number of nitrogens with one attached hydrogen (secondary N) is 2. The quantitative estimate of drug-likeness (QED) is 0.806. The topological polar surface area (TPSA) is 87.7 Å². The van der Waals surface area contributed by atoms with Gasteiger partial charge in [0, 0.05) is 31.2 Å². The first-order chi connectivity index (χ1) is 11.4. The number of nitrogens with zero attached hydrogens (tertiary/aromatic N) is 1. The summed E-state index contributed by atoms with van der Waals surface area (Å²) in [5.74, 6) is -0.281. The van der Waals surface area contributed by atoms with Gasteiger partial charge in [0.1, 0.15) is 0 Å². The van der Waals surface area contributed by atoms with E-state index in [2.05, 4.69) is 15.4 Å². The zero-order valence-electron chi connectivity index (χ0n) is 14.2. The van der Waals surface area contributed by atoms with E-state index in [9.17, 15) is 14.4 Å². The summed E-state index contributed by atoms with van der Waals surface area (Å²) in [6, 6.07) is 4.43. The van der Waals surface area contributed by atoms with E-state index in [0.29, 0.717) is 24.2 Å². The van der Waals surface area contributed by atoms with E-state index in [4.69, 9.17) is 0 Å². The minimum Gasteiger partial charge on any atom is -0.465 e. The Bertz CT molecular complexity index is 645. The standard InChI is InChI=1S/C17H23N3O4/c1-11-9-13(16(22)24-3)6-7-14(11)19-17(23)18-12(2)10-20-8-4-5-15(20)21/h6-7,9,12H,4-5,8,10H2,1-3H3,(H2,18,19,23)/t12-/m1/s1. The first-order valence-electron chi connectivity index (χ1n) is 7.95. The number of carbonyl (C=O) groups excluding carboxylic acids is 3. The van der Waals surface area contributed by atoms with Gasteiger partial charge in [0.05, 0.1) is 12.7 Å². The Morgan fingerprint density at radius 2 is 2.12 bits per heavy atom. The van der Waals surface area contributed by atoms with Crippen molar-refractivity contribution in [3.8, 4) is 0 Å². The number of methoxy groups -OCH3 is 1. The van der Waals surface area contributed by atoms with Crippen LogP contribution in [0.1, 0.15) is 35.7 Å². The molecule has 1 heterocycles. The normalized spacial score (nSPS) is 15.1. The zero-order chi connectivity index (χ0) is 17.7. The van der Waals surface area contributed by atoms with E-state index >= 15 is 0 Å². The molecule has 1 saturated heterocycles. The average molecular weight is 333 g/mol. The van der Waals surface area contributed by atoms with Gasteiger partial charge in [-0.1, -0.05) is 0 Å². The minimum atomic E-state index is -0.419. The van der Waals surface area contributed by atoms with Gasteiger partial charge in [-0.05, 0) is 44.0 Å². The molecule has 1 aromatic rings. The summed E-state index contributed by atoms with van der Waals surface area (Å²) >= 11 is 0. The van der Waals surface area contributed by atoms with Crippen LogP contribution in [0.25, 0.3) is 0 Å². The SMILES string of the molecule is COC(=O)c1ccc(NC(=O)N[C@H](C)CN2CCCC2=O)c(C)c1. The van der Waals surface area contributed by atoms with Crippen molar-refractivity contribution in [2.75, 3.05) is 25.5 Å². The van der Waals surface area contributed by atoms with E-state index in [1.165, 1.54) is 7.11 Å². The van der Waals surface area contributed by atoms with Gasteiger partial charge in [-0.15, -0.1) is 0 Å². The molecule has 1 aromatic carbocycles. The van der Waals surface area contributed by atoms with Crippen LogP contribution in [0.4, 0.5) is 10.5 Å². The molecule has 0 bridgehead atoms. The Balaban J connectivity index is 1.89. The first-order valence-corrected chi connectivity index (χ1v) is 7.95. The van der Waals surface area contributed by atoms with Crippen LogP contribution in [0.5, 0.6) is 0 Å². The fraction of sp³-hybridized carbons (Fsp3) is 0.471. The second kappa shape index (κ2) is 7.81. The van der Waals surface area contributed by atoms with Crippen molar-refractivity contribution in [3.63, 3.8) is 0 Å². The number of hydrogen-bond acceptors (Lipinski definition) is 4. The van der Waals surface area contributed by atoms with Crippen LogP contribution in [-0.2, 0) is 9.53 Å². The van der Waals surface area contributed by atoms with Crippen molar-refractivity contribution in [3.05, 3.63) is 29.3 Å². The Hall–Kier alpha value is -2.57. The number of ether oxygens (including phenoxy) is 1. The summed E-state index contributed by atoms with van der Waals surface area (Å²) in [5, 5.41) is 5.57. The monoisotopic (exact) mass is 333 g/mol. The summed E-state index contributed by atoms with van der Waals surface area (Å²) in [7, 11) is 1.32. The maximum atomic E-state index is 12.1. The second-order valence-corrected chi connectivity index (χ2v) is 5.96. The van der Waals surface area contributed by atoms with Crippen LogP contribution in [0.3, 0.4) is 0 Å². The largest absolute Gasteiger partial charge is 0.465 e. The highest BCUT2D eigenvalue weighted by atomic mass is 16.5. The summed E-state index contributed by atoms with van der Waals surface area (Å²) < 4.78 is 4.67. The van der Waals surface area contributed by atoms with E-state index in [-0.39, 0.29) is 18.0 Å².